The van der Waals surface area contributed by atoms with E-state index in [-0.39, 0.29) is 17.6 Å². The molecule has 0 spiro atoms. The van der Waals surface area contributed by atoms with Gasteiger partial charge in [-0.25, -0.2) is 9.79 Å². The number of ether oxygens (including phenoxy) is 2. The number of methoxy groups -OCH3 is 1. The predicted octanol–water partition coefficient (Wildman–Crippen LogP) is 6.81. The normalized spacial score (nSPS) is 15.4. The van der Waals surface area contributed by atoms with Crippen molar-refractivity contribution in [3.63, 3.8) is 0 Å². The Labute approximate surface area is 215 Å². The van der Waals surface area contributed by atoms with Crippen LogP contribution in [0, 0.1) is 22.7 Å². The molecular weight excluding hydrogens is 472 g/mol. The number of carboxylic acid groups (broad SMARTS) is 1. The third kappa shape index (κ3) is 5.60. The number of benzene rings is 2. The van der Waals surface area contributed by atoms with Crippen LogP contribution in [-0.4, -0.2) is 24.4 Å². The lowest BCUT2D eigenvalue weighted by Crippen LogP contribution is -2.26. The molecule has 1 aliphatic carbocycles. The molecule has 0 bridgehead atoms. The van der Waals surface area contributed by atoms with Crippen molar-refractivity contribution in [2.24, 2.45) is 16.3 Å². The Morgan fingerprint density at radius 3 is 2.75 bits per heavy atom. The van der Waals surface area contributed by atoms with Gasteiger partial charge in [-0.2, -0.15) is 5.26 Å². The second-order valence-electron chi connectivity index (χ2n) is 10.1. The van der Waals surface area contributed by atoms with Gasteiger partial charge in [0.05, 0.1) is 18.2 Å². The molecule has 1 aromatic heterocycles. The van der Waals surface area contributed by atoms with Gasteiger partial charge in [-0.1, -0.05) is 32.9 Å². The van der Waals surface area contributed by atoms with E-state index in [1.54, 1.807) is 48.9 Å². The highest BCUT2D eigenvalue weighted by Crippen LogP contribution is 2.45. The number of rotatable bonds is 7. The molecule has 1 aliphatic rings. The number of carbonyl (C=O) groups is 1. The van der Waals surface area contributed by atoms with Crippen molar-refractivity contribution in [2.75, 3.05) is 7.11 Å². The first-order valence-corrected chi connectivity index (χ1v) is 12.7. The molecule has 2 aromatic carbocycles. The zero-order valence-corrected chi connectivity index (χ0v) is 21.8. The third-order valence-electron chi connectivity index (χ3n) is 6.67. The molecule has 0 amide bonds. The first-order valence-electron chi connectivity index (χ1n) is 11.9. The van der Waals surface area contributed by atoms with E-state index in [0.717, 1.165) is 35.4 Å². The number of nitrogens with zero attached hydrogens (tertiary/aromatic N) is 2. The van der Waals surface area contributed by atoms with Crippen molar-refractivity contribution in [1.29, 1.82) is 5.26 Å². The topological polar surface area (TPSA) is 91.9 Å². The van der Waals surface area contributed by atoms with Gasteiger partial charge in [0, 0.05) is 11.1 Å². The Hall–Kier alpha value is -3.63. The van der Waals surface area contributed by atoms with Crippen molar-refractivity contribution >= 4 is 28.5 Å². The van der Waals surface area contributed by atoms with Crippen LogP contribution >= 0.6 is 11.3 Å². The van der Waals surface area contributed by atoms with Gasteiger partial charge in [-0.15, -0.1) is 11.3 Å². The average Bonchev–Trinajstić information content (AvgIpc) is 3.22. The summed E-state index contributed by atoms with van der Waals surface area (Å²) >= 11 is 1.63. The van der Waals surface area contributed by atoms with Gasteiger partial charge in [0.15, 0.2) is 11.5 Å². The van der Waals surface area contributed by atoms with E-state index in [1.807, 2.05) is 18.2 Å². The number of carboxylic acids is 1. The maximum atomic E-state index is 11.2. The molecule has 0 unspecified atom stereocenters. The number of hydrogen-bond acceptors (Lipinski definition) is 6. The fourth-order valence-corrected chi connectivity index (χ4v) is 5.71. The molecule has 1 heterocycles. The predicted molar refractivity (Wildman–Crippen MR) is 142 cm³/mol. The number of aromatic carboxylic acids is 1. The van der Waals surface area contributed by atoms with Crippen LogP contribution in [-0.2, 0) is 19.4 Å². The van der Waals surface area contributed by atoms with Crippen LogP contribution in [0.1, 0.15) is 64.7 Å². The summed E-state index contributed by atoms with van der Waals surface area (Å²) in [5.41, 5.74) is 3.92. The Morgan fingerprint density at radius 2 is 2.06 bits per heavy atom. The number of nitriles is 1. The molecule has 1 N–H and O–H groups in total. The van der Waals surface area contributed by atoms with Gasteiger partial charge >= 0.3 is 5.97 Å². The molecule has 0 saturated heterocycles. The van der Waals surface area contributed by atoms with Crippen LogP contribution < -0.4 is 9.47 Å². The Kier molecular flexibility index (Phi) is 7.46. The second kappa shape index (κ2) is 10.5. The third-order valence-corrected chi connectivity index (χ3v) is 7.83. The molecule has 4 rings (SSSR count). The summed E-state index contributed by atoms with van der Waals surface area (Å²) in [4.78, 5) is 17.2. The van der Waals surface area contributed by atoms with E-state index in [1.165, 1.54) is 10.4 Å². The smallest absolute Gasteiger partial charge is 0.335 e. The summed E-state index contributed by atoms with van der Waals surface area (Å²) < 4.78 is 11.4. The van der Waals surface area contributed by atoms with E-state index in [9.17, 15) is 15.2 Å². The molecule has 186 valence electrons. The second-order valence-corrected chi connectivity index (χ2v) is 11.1. The highest BCUT2D eigenvalue weighted by molar-refractivity contribution is 7.16. The fourth-order valence-electron chi connectivity index (χ4n) is 4.49. The minimum atomic E-state index is -0.974. The molecule has 36 heavy (non-hydrogen) atoms. The van der Waals surface area contributed by atoms with Crippen LogP contribution in [0.15, 0.2) is 47.5 Å². The summed E-state index contributed by atoms with van der Waals surface area (Å²) in [7, 11) is 1.57. The zero-order chi connectivity index (χ0) is 25.9. The standard InChI is InChI=1S/C29H30N2O4S/c1-29(2,3)21-9-10-22-23(15-30)27(36-26(22)14-21)31-16-18-8-11-24(25(13-18)34-4)35-17-19-6-5-7-20(12-19)28(32)33/h5-8,11-13,16,21H,9-10,14,17H2,1-4H3,(H,32,33)/t21-/m1/s1. The number of hydrogen-bond donors (Lipinski definition) is 1. The minimum Gasteiger partial charge on any atom is -0.493 e. The van der Waals surface area contributed by atoms with Crippen molar-refractivity contribution in [1.82, 2.24) is 0 Å². The van der Waals surface area contributed by atoms with Crippen LogP contribution in [0.25, 0.3) is 0 Å². The van der Waals surface area contributed by atoms with Gasteiger partial charge in [-0.05, 0) is 77.6 Å². The molecule has 0 fully saturated rings. The molecule has 3 aromatic rings. The number of fused-ring (bicyclic) bond motifs is 1. The molecular formula is C29H30N2O4S. The van der Waals surface area contributed by atoms with Crippen molar-refractivity contribution in [3.05, 3.63) is 75.2 Å². The van der Waals surface area contributed by atoms with Crippen LogP contribution in [0.5, 0.6) is 11.5 Å². The van der Waals surface area contributed by atoms with Crippen LogP contribution in [0.2, 0.25) is 0 Å². The van der Waals surface area contributed by atoms with E-state index >= 15 is 0 Å². The Morgan fingerprint density at radius 1 is 1.25 bits per heavy atom. The van der Waals surface area contributed by atoms with Gasteiger partial charge in [-0.3, -0.25) is 0 Å². The van der Waals surface area contributed by atoms with E-state index < -0.39 is 5.97 Å². The summed E-state index contributed by atoms with van der Waals surface area (Å²) in [5, 5.41) is 19.8. The van der Waals surface area contributed by atoms with Gasteiger partial charge in [0.2, 0.25) is 0 Å². The summed E-state index contributed by atoms with van der Waals surface area (Å²) in [6, 6.07) is 14.6. The summed E-state index contributed by atoms with van der Waals surface area (Å²) in [6.45, 7) is 7.07. The van der Waals surface area contributed by atoms with Crippen molar-refractivity contribution in [3.8, 4) is 17.6 Å². The van der Waals surface area contributed by atoms with Crippen LogP contribution in [0.3, 0.4) is 0 Å². The van der Waals surface area contributed by atoms with Gasteiger partial charge in [0.1, 0.15) is 17.7 Å². The lowest BCUT2D eigenvalue weighted by molar-refractivity contribution is 0.0696. The molecule has 0 radical (unpaired) electrons. The maximum absolute atomic E-state index is 11.2. The maximum Gasteiger partial charge on any atom is 0.335 e. The number of thiophene rings is 1. The fraction of sp³-hybridized carbons (Fsp3) is 0.345. The summed E-state index contributed by atoms with van der Waals surface area (Å²) in [5.74, 6) is 0.730. The lowest BCUT2D eigenvalue weighted by Gasteiger charge is -2.33. The molecule has 6 nitrogen and oxygen atoms in total. The molecule has 1 atom stereocenters. The summed E-state index contributed by atoms with van der Waals surface area (Å²) in [6.07, 6.45) is 4.79. The largest absolute Gasteiger partial charge is 0.493 e. The van der Waals surface area contributed by atoms with E-state index in [0.29, 0.717) is 23.0 Å². The Balaban J connectivity index is 1.51. The lowest BCUT2D eigenvalue weighted by atomic mass is 9.72. The van der Waals surface area contributed by atoms with E-state index in [4.69, 9.17) is 9.47 Å². The Bertz CT molecular complexity index is 1340. The SMILES string of the molecule is COc1cc(C=Nc2sc3c(c2C#N)CC[C@@H](C(C)(C)C)C3)ccc1OCc1cccc(C(=O)O)c1. The zero-order valence-electron chi connectivity index (χ0n) is 21.0. The first kappa shape index (κ1) is 25.5. The van der Waals surface area contributed by atoms with E-state index in [2.05, 4.69) is 31.8 Å². The first-order chi connectivity index (χ1) is 17.2. The highest BCUT2D eigenvalue weighted by Gasteiger charge is 2.32. The minimum absolute atomic E-state index is 0.215. The van der Waals surface area contributed by atoms with Crippen molar-refractivity contribution in [2.45, 2.75) is 46.6 Å². The monoisotopic (exact) mass is 502 g/mol. The molecule has 7 heteroatoms. The highest BCUT2D eigenvalue weighted by atomic mass is 32.1. The molecule has 0 aliphatic heterocycles. The van der Waals surface area contributed by atoms with Gasteiger partial charge in [0.25, 0.3) is 0 Å². The van der Waals surface area contributed by atoms with Crippen molar-refractivity contribution < 1.29 is 19.4 Å². The number of aliphatic imine (C=N–C) groups is 1. The quantitative estimate of drug-likeness (QED) is 0.358. The van der Waals surface area contributed by atoms with Crippen LogP contribution in [0.4, 0.5) is 5.00 Å². The molecule has 0 saturated carbocycles. The average molecular weight is 503 g/mol. The van der Waals surface area contributed by atoms with Gasteiger partial charge < -0.3 is 14.6 Å².